The summed E-state index contributed by atoms with van der Waals surface area (Å²) in [6.45, 7) is 2.03. The first-order valence-electron chi connectivity index (χ1n) is 10.1. The van der Waals surface area contributed by atoms with Crippen LogP contribution in [0, 0.1) is 6.92 Å². The molecule has 6 heteroatoms. The smallest absolute Gasteiger partial charge is 0.161 e. The molecule has 0 aliphatic rings. The van der Waals surface area contributed by atoms with Gasteiger partial charge in [0.2, 0.25) is 0 Å². The van der Waals surface area contributed by atoms with Gasteiger partial charge in [-0.1, -0.05) is 29.8 Å². The number of methoxy groups -OCH3 is 2. The van der Waals surface area contributed by atoms with Crippen LogP contribution in [-0.4, -0.2) is 19.2 Å². The highest BCUT2D eigenvalue weighted by molar-refractivity contribution is 6.30. The number of nitrogen functional groups attached to an aromatic ring is 1. The van der Waals surface area contributed by atoms with Crippen molar-refractivity contribution in [2.24, 2.45) is 0 Å². The average molecular weight is 446 g/mol. The summed E-state index contributed by atoms with van der Waals surface area (Å²) < 4.78 is 10.7. The molecule has 4 aromatic rings. The second kappa shape index (κ2) is 9.20. The molecule has 0 atom stereocenters. The van der Waals surface area contributed by atoms with Crippen LogP contribution in [0.15, 0.2) is 60.7 Å². The molecule has 0 radical (unpaired) electrons. The maximum Gasteiger partial charge on any atom is 0.161 e. The lowest BCUT2D eigenvalue weighted by molar-refractivity contribution is 0.355. The summed E-state index contributed by atoms with van der Waals surface area (Å²) in [6.07, 6.45) is 3.96. The zero-order valence-corrected chi connectivity index (χ0v) is 18.9. The van der Waals surface area contributed by atoms with Crippen LogP contribution in [0.2, 0.25) is 5.02 Å². The fraction of sp³-hybridized carbons (Fsp3) is 0.115. The van der Waals surface area contributed by atoms with E-state index in [1.807, 2.05) is 79.7 Å². The fourth-order valence-corrected chi connectivity index (χ4v) is 3.66. The van der Waals surface area contributed by atoms with Crippen molar-refractivity contribution in [3.8, 4) is 11.5 Å². The molecule has 0 unspecified atom stereocenters. The van der Waals surface area contributed by atoms with Crippen molar-refractivity contribution in [2.75, 3.05) is 25.3 Å². The Labute approximate surface area is 192 Å². The molecule has 162 valence electrons. The van der Waals surface area contributed by atoms with E-state index in [0.29, 0.717) is 22.2 Å². The SMILES string of the molecule is COc1ccc(/C=C/c2cc(Nc3ccc(Cl)cc3)c3c(N)ccc(C)c3n2)cc1OC. The zero-order valence-electron chi connectivity index (χ0n) is 18.1. The van der Waals surface area contributed by atoms with Gasteiger partial charge in [0, 0.05) is 21.8 Å². The van der Waals surface area contributed by atoms with Gasteiger partial charge >= 0.3 is 0 Å². The number of nitrogens with one attached hydrogen (secondary N) is 1. The van der Waals surface area contributed by atoms with Crippen molar-refractivity contribution >= 4 is 51.7 Å². The van der Waals surface area contributed by atoms with Crippen LogP contribution in [0.5, 0.6) is 11.5 Å². The average Bonchev–Trinajstić information content (AvgIpc) is 2.81. The van der Waals surface area contributed by atoms with E-state index in [-0.39, 0.29) is 0 Å². The predicted octanol–water partition coefficient (Wildman–Crippen LogP) is 6.71. The number of ether oxygens (including phenoxy) is 2. The van der Waals surface area contributed by atoms with E-state index in [1.165, 1.54) is 0 Å². The molecule has 0 bridgehead atoms. The molecular weight excluding hydrogens is 422 g/mol. The number of rotatable bonds is 6. The Kier molecular flexibility index (Phi) is 6.19. The molecular formula is C26H24ClN3O2. The zero-order chi connectivity index (χ0) is 22.7. The van der Waals surface area contributed by atoms with Crippen LogP contribution in [0.4, 0.5) is 17.1 Å². The number of nitrogens with two attached hydrogens (primary N) is 1. The Bertz CT molecular complexity index is 1300. The molecule has 0 amide bonds. The Morgan fingerprint density at radius 3 is 2.38 bits per heavy atom. The lowest BCUT2D eigenvalue weighted by Crippen LogP contribution is -1.99. The monoisotopic (exact) mass is 445 g/mol. The van der Waals surface area contributed by atoms with Gasteiger partial charge in [-0.05, 0) is 72.7 Å². The molecule has 0 fully saturated rings. The number of nitrogens with zero attached hydrogens (tertiary/aromatic N) is 1. The molecule has 0 aliphatic heterocycles. The Hall–Kier alpha value is -3.70. The van der Waals surface area contributed by atoms with Crippen LogP contribution in [0.1, 0.15) is 16.8 Å². The highest BCUT2D eigenvalue weighted by atomic mass is 35.5. The topological polar surface area (TPSA) is 69.4 Å². The van der Waals surface area contributed by atoms with Crippen molar-refractivity contribution in [3.05, 3.63) is 82.5 Å². The first-order valence-corrected chi connectivity index (χ1v) is 10.5. The molecule has 0 saturated carbocycles. The second-order valence-electron chi connectivity index (χ2n) is 7.37. The van der Waals surface area contributed by atoms with Crippen LogP contribution in [-0.2, 0) is 0 Å². The molecule has 1 aromatic heterocycles. The number of fused-ring (bicyclic) bond motifs is 1. The quantitative estimate of drug-likeness (QED) is 0.323. The number of pyridine rings is 1. The molecule has 0 spiro atoms. The largest absolute Gasteiger partial charge is 0.493 e. The van der Waals surface area contributed by atoms with Crippen molar-refractivity contribution in [1.29, 1.82) is 0 Å². The van der Waals surface area contributed by atoms with Gasteiger partial charge in [0.1, 0.15) is 0 Å². The van der Waals surface area contributed by atoms with Crippen LogP contribution in [0.25, 0.3) is 23.1 Å². The standard InChI is InChI=1S/C26H24ClN3O2/c1-16-4-12-21(28)25-22(29-19-10-7-18(27)8-11-19)15-20(30-26(16)25)9-5-17-6-13-23(31-2)24(14-17)32-3/h4-15H,28H2,1-3H3,(H,29,30)/b9-5+. The third-order valence-corrected chi connectivity index (χ3v) is 5.44. The van der Waals surface area contributed by atoms with Gasteiger partial charge in [-0.3, -0.25) is 0 Å². The number of benzene rings is 3. The summed E-state index contributed by atoms with van der Waals surface area (Å²) in [6, 6.07) is 19.2. The minimum atomic E-state index is 0.671. The first kappa shape index (κ1) is 21.5. The maximum absolute atomic E-state index is 6.33. The minimum Gasteiger partial charge on any atom is -0.493 e. The van der Waals surface area contributed by atoms with Crippen LogP contribution < -0.4 is 20.5 Å². The Balaban J connectivity index is 1.77. The van der Waals surface area contributed by atoms with E-state index in [2.05, 4.69) is 5.32 Å². The van der Waals surface area contributed by atoms with Crippen LogP contribution in [0.3, 0.4) is 0 Å². The minimum absolute atomic E-state index is 0.671. The van der Waals surface area contributed by atoms with Crippen molar-refractivity contribution in [2.45, 2.75) is 6.92 Å². The van der Waals surface area contributed by atoms with E-state index in [9.17, 15) is 0 Å². The van der Waals surface area contributed by atoms with E-state index in [0.717, 1.165) is 39.1 Å². The lowest BCUT2D eigenvalue weighted by atomic mass is 10.1. The van der Waals surface area contributed by atoms with Gasteiger partial charge in [0.25, 0.3) is 0 Å². The molecule has 0 saturated heterocycles. The van der Waals surface area contributed by atoms with Crippen LogP contribution >= 0.6 is 11.6 Å². The van der Waals surface area contributed by atoms with Gasteiger partial charge in [0.15, 0.2) is 11.5 Å². The molecule has 1 heterocycles. The van der Waals surface area contributed by atoms with E-state index < -0.39 is 0 Å². The third-order valence-electron chi connectivity index (χ3n) is 5.19. The lowest BCUT2D eigenvalue weighted by Gasteiger charge is -2.14. The van der Waals surface area contributed by atoms with Crippen molar-refractivity contribution in [3.63, 3.8) is 0 Å². The van der Waals surface area contributed by atoms with E-state index in [4.69, 9.17) is 31.8 Å². The third kappa shape index (κ3) is 4.48. The fourth-order valence-electron chi connectivity index (χ4n) is 3.53. The molecule has 5 nitrogen and oxygen atoms in total. The van der Waals surface area contributed by atoms with Gasteiger partial charge in [-0.15, -0.1) is 0 Å². The number of hydrogen-bond donors (Lipinski definition) is 2. The van der Waals surface area contributed by atoms with E-state index >= 15 is 0 Å². The number of anilines is 3. The number of halogens is 1. The van der Waals surface area contributed by atoms with E-state index in [1.54, 1.807) is 14.2 Å². The number of aromatic nitrogens is 1. The summed E-state index contributed by atoms with van der Waals surface area (Å²) in [4.78, 5) is 4.86. The number of aryl methyl sites for hydroxylation is 1. The summed E-state index contributed by atoms with van der Waals surface area (Å²) in [5, 5.41) is 5.04. The summed E-state index contributed by atoms with van der Waals surface area (Å²) in [7, 11) is 3.24. The van der Waals surface area contributed by atoms with Gasteiger partial charge in [-0.2, -0.15) is 0 Å². The molecule has 3 aromatic carbocycles. The van der Waals surface area contributed by atoms with Crippen molar-refractivity contribution in [1.82, 2.24) is 4.98 Å². The summed E-state index contributed by atoms with van der Waals surface area (Å²) in [5.41, 5.74) is 12.5. The van der Waals surface area contributed by atoms with Gasteiger partial charge in [0.05, 0.1) is 31.1 Å². The van der Waals surface area contributed by atoms with Gasteiger partial charge < -0.3 is 20.5 Å². The highest BCUT2D eigenvalue weighted by Crippen LogP contribution is 2.34. The first-order chi connectivity index (χ1) is 15.5. The Morgan fingerprint density at radius 2 is 1.66 bits per heavy atom. The normalized spacial score (nSPS) is 11.1. The molecule has 32 heavy (non-hydrogen) atoms. The molecule has 4 rings (SSSR count). The summed E-state index contributed by atoms with van der Waals surface area (Å²) >= 11 is 6.04. The second-order valence-corrected chi connectivity index (χ2v) is 7.81. The summed E-state index contributed by atoms with van der Waals surface area (Å²) in [5.74, 6) is 1.36. The Morgan fingerprint density at radius 1 is 0.906 bits per heavy atom. The molecule has 0 aliphatic carbocycles. The molecule has 3 N–H and O–H groups in total. The maximum atomic E-state index is 6.33. The predicted molar refractivity (Wildman–Crippen MR) is 134 cm³/mol. The number of hydrogen-bond acceptors (Lipinski definition) is 5. The highest BCUT2D eigenvalue weighted by Gasteiger charge is 2.11. The van der Waals surface area contributed by atoms with Crippen molar-refractivity contribution < 1.29 is 9.47 Å². The van der Waals surface area contributed by atoms with Gasteiger partial charge in [-0.25, -0.2) is 4.98 Å².